The number of ether oxygens (including phenoxy) is 1. The number of benzene rings is 1. The number of hydrogen-bond acceptors (Lipinski definition) is 3. The summed E-state index contributed by atoms with van der Waals surface area (Å²) in [6.45, 7) is 1.24. The summed E-state index contributed by atoms with van der Waals surface area (Å²) in [5.41, 5.74) is 7.23. The first-order valence-corrected chi connectivity index (χ1v) is 5.12. The minimum Gasteiger partial charge on any atom is -0.465 e. The van der Waals surface area contributed by atoms with E-state index >= 15 is 0 Å². The highest BCUT2D eigenvalue weighted by Gasteiger charge is 2.24. The van der Waals surface area contributed by atoms with E-state index in [1.165, 1.54) is 4.90 Å². The molecule has 1 atom stereocenters. The minimum atomic E-state index is -0.899. The molecule has 1 fully saturated rings. The highest BCUT2D eigenvalue weighted by molar-refractivity contribution is 5.65. The first-order chi connectivity index (χ1) is 7.66. The maximum Gasteiger partial charge on any atom is 0.407 e. The lowest BCUT2D eigenvalue weighted by Gasteiger charge is -2.31. The van der Waals surface area contributed by atoms with Gasteiger partial charge in [0.1, 0.15) is 6.10 Å². The number of nitrogens with zero attached hydrogens (tertiary/aromatic N) is 1. The number of nitrogens with two attached hydrogens (primary N) is 1. The van der Waals surface area contributed by atoms with Crippen molar-refractivity contribution >= 4 is 11.8 Å². The molecule has 1 aliphatic heterocycles. The lowest BCUT2D eigenvalue weighted by Crippen LogP contribution is -2.41. The molecule has 1 aromatic carbocycles. The maximum absolute atomic E-state index is 10.8. The van der Waals surface area contributed by atoms with Crippen molar-refractivity contribution in [2.45, 2.75) is 6.10 Å². The molecule has 0 spiro atoms. The molecule has 1 amide bonds. The van der Waals surface area contributed by atoms with Gasteiger partial charge in [0, 0.05) is 12.2 Å². The van der Waals surface area contributed by atoms with Gasteiger partial charge in [-0.1, -0.05) is 12.1 Å². The third-order valence-corrected chi connectivity index (χ3v) is 2.65. The van der Waals surface area contributed by atoms with E-state index in [2.05, 4.69) is 0 Å². The fourth-order valence-corrected chi connectivity index (χ4v) is 1.74. The summed E-state index contributed by atoms with van der Waals surface area (Å²) in [7, 11) is 0. The SMILES string of the molecule is Nc1ccc([C@H]2CN(C(=O)O)CCO2)cc1. The molecule has 5 nitrogen and oxygen atoms in total. The zero-order chi connectivity index (χ0) is 11.5. The molecule has 1 saturated heterocycles. The van der Waals surface area contributed by atoms with E-state index in [1.54, 1.807) is 12.1 Å². The number of anilines is 1. The van der Waals surface area contributed by atoms with Crippen LogP contribution in [0.2, 0.25) is 0 Å². The Hall–Kier alpha value is -1.75. The monoisotopic (exact) mass is 222 g/mol. The van der Waals surface area contributed by atoms with Gasteiger partial charge < -0.3 is 20.5 Å². The van der Waals surface area contributed by atoms with E-state index in [1.807, 2.05) is 12.1 Å². The largest absolute Gasteiger partial charge is 0.465 e. The van der Waals surface area contributed by atoms with Gasteiger partial charge in [-0.15, -0.1) is 0 Å². The molecule has 86 valence electrons. The van der Waals surface area contributed by atoms with Crippen molar-refractivity contribution in [1.82, 2.24) is 4.90 Å². The highest BCUT2D eigenvalue weighted by atomic mass is 16.5. The van der Waals surface area contributed by atoms with Gasteiger partial charge in [0.25, 0.3) is 0 Å². The molecule has 0 radical (unpaired) electrons. The summed E-state index contributed by atoms with van der Waals surface area (Å²) in [4.78, 5) is 12.2. The molecule has 1 heterocycles. The first-order valence-electron chi connectivity index (χ1n) is 5.12. The average molecular weight is 222 g/mol. The third kappa shape index (κ3) is 2.25. The van der Waals surface area contributed by atoms with Crippen molar-refractivity contribution < 1.29 is 14.6 Å². The van der Waals surface area contributed by atoms with Crippen LogP contribution in [0.1, 0.15) is 11.7 Å². The summed E-state index contributed by atoms with van der Waals surface area (Å²) in [5.74, 6) is 0. The third-order valence-electron chi connectivity index (χ3n) is 2.65. The molecule has 0 aromatic heterocycles. The zero-order valence-electron chi connectivity index (χ0n) is 8.80. The van der Waals surface area contributed by atoms with Gasteiger partial charge in [0.15, 0.2) is 0 Å². The fourth-order valence-electron chi connectivity index (χ4n) is 1.74. The van der Waals surface area contributed by atoms with Gasteiger partial charge in [0.05, 0.1) is 13.2 Å². The van der Waals surface area contributed by atoms with Gasteiger partial charge in [0.2, 0.25) is 0 Å². The molecule has 0 bridgehead atoms. The molecular weight excluding hydrogens is 208 g/mol. The van der Waals surface area contributed by atoms with Crippen LogP contribution in [-0.2, 0) is 4.74 Å². The predicted octanol–water partition coefficient (Wildman–Crippen LogP) is 1.32. The van der Waals surface area contributed by atoms with Crippen molar-refractivity contribution in [3.63, 3.8) is 0 Å². The highest BCUT2D eigenvalue weighted by Crippen LogP contribution is 2.22. The van der Waals surface area contributed by atoms with Gasteiger partial charge >= 0.3 is 6.09 Å². The summed E-state index contributed by atoms with van der Waals surface area (Å²) >= 11 is 0. The van der Waals surface area contributed by atoms with E-state index < -0.39 is 6.09 Å². The molecule has 5 heteroatoms. The summed E-state index contributed by atoms with van der Waals surface area (Å²) < 4.78 is 5.54. The number of rotatable bonds is 1. The Morgan fingerprint density at radius 2 is 2.12 bits per heavy atom. The van der Waals surface area contributed by atoms with Crippen LogP contribution in [0.5, 0.6) is 0 Å². The number of morpholine rings is 1. The summed E-state index contributed by atoms with van der Waals surface area (Å²) in [6.07, 6.45) is -1.09. The minimum absolute atomic E-state index is 0.189. The van der Waals surface area contributed by atoms with Crippen LogP contribution in [-0.4, -0.2) is 35.8 Å². The van der Waals surface area contributed by atoms with Crippen molar-refractivity contribution in [1.29, 1.82) is 0 Å². The second-order valence-electron chi connectivity index (χ2n) is 3.75. The Labute approximate surface area is 93.4 Å². The Morgan fingerprint density at radius 3 is 2.75 bits per heavy atom. The van der Waals surface area contributed by atoms with E-state index in [9.17, 15) is 4.79 Å². The van der Waals surface area contributed by atoms with E-state index in [4.69, 9.17) is 15.6 Å². The molecule has 16 heavy (non-hydrogen) atoms. The normalized spacial score (nSPS) is 20.8. The van der Waals surface area contributed by atoms with Gasteiger partial charge in [-0.3, -0.25) is 0 Å². The molecule has 0 aliphatic carbocycles. The van der Waals surface area contributed by atoms with Crippen molar-refractivity contribution in [3.8, 4) is 0 Å². The van der Waals surface area contributed by atoms with Crippen LogP contribution in [0, 0.1) is 0 Å². The van der Waals surface area contributed by atoms with Gasteiger partial charge in [-0.2, -0.15) is 0 Å². The Bertz CT molecular complexity index is 377. The van der Waals surface area contributed by atoms with E-state index in [0.717, 1.165) is 5.56 Å². The number of carboxylic acid groups (broad SMARTS) is 1. The predicted molar refractivity (Wildman–Crippen MR) is 59.1 cm³/mol. The molecule has 2 rings (SSSR count). The van der Waals surface area contributed by atoms with Gasteiger partial charge in [-0.25, -0.2) is 4.79 Å². The van der Waals surface area contributed by atoms with Crippen molar-refractivity contribution in [3.05, 3.63) is 29.8 Å². The van der Waals surface area contributed by atoms with E-state index in [-0.39, 0.29) is 6.10 Å². The van der Waals surface area contributed by atoms with Crippen LogP contribution in [0.25, 0.3) is 0 Å². The van der Waals surface area contributed by atoms with Crippen molar-refractivity contribution in [2.75, 3.05) is 25.4 Å². The molecule has 1 aromatic rings. The summed E-state index contributed by atoms with van der Waals surface area (Å²) in [5, 5.41) is 8.90. The van der Waals surface area contributed by atoms with Crippen molar-refractivity contribution in [2.24, 2.45) is 0 Å². The number of carbonyl (C=O) groups is 1. The Kier molecular flexibility index (Phi) is 2.96. The number of amides is 1. The first kappa shape index (κ1) is 10.8. The standard InChI is InChI=1S/C11H14N2O3/c12-9-3-1-8(2-4-9)10-7-13(11(14)15)5-6-16-10/h1-4,10H,5-7,12H2,(H,14,15)/t10-/m1/s1. The van der Waals surface area contributed by atoms with Crippen LogP contribution in [0.4, 0.5) is 10.5 Å². The Morgan fingerprint density at radius 1 is 1.44 bits per heavy atom. The second-order valence-corrected chi connectivity index (χ2v) is 3.75. The maximum atomic E-state index is 10.8. The van der Waals surface area contributed by atoms with E-state index in [0.29, 0.717) is 25.4 Å². The molecule has 0 unspecified atom stereocenters. The van der Waals surface area contributed by atoms with Gasteiger partial charge in [-0.05, 0) is 17.7 Å². The molecule has 0 saturated carbocycles. The smallest absolute Gasteiger partial charge is 0.407 e. The quantitative estimate of drug-likeness (QED) is 0.703. The van der Waals surface area contributed by atoms with Crippen LogP contribution in [0.3, 0.4) is 0 Å². The van der Waals surface area contributed by atoms with Crippen LogP contribution < -0.4 is 5.73 Å². The number of nitrogen functional groups attached to an aromatic ring is 1. The lowest BCUT2D eigenvalue weighted by atomic mass is 10.1. The zero-order valence-corrected chi connectivity index (χ0v) is 8.80. The second kappa shape index (κ2) is 4.40. The molecular formula is C11H14N2O3. The average Bonchev–Trinajstić information content (AvgIpc) is 2.30. The fraction of sp³-hybridized carbons (Fsp3) is 0.364. The van der Waals surface area contributed by atoms with Crippen LogP contribution >= 0.6 is 0 Å². The summed E-state index contributed by atoms with van der Waals surface area (Å²) in [6, 6.07) is 7.31. The number of hydrogen-bond donors (Lipinski definition) is 2. The molecule has 1 aliphatic rings. The lowest BCUT2D eigenvalue weighted by molar-refractivity contribution is -0.0231. The Balaban J connectivity index is 2.09. The molecule has 3 N–H and O–H groups in total. The topological polar surface area (TPSA) is 75.8 Å². The van der Waals surface area contributed by atoms with Crippen LogP contribution in [0.15, 0.2) is 24.3 Å².